The summed E-state index contributed by atoms with van der Waals surface area (Å²) in [6.45, 7) is 0.441. The average Bonchev–Trinajstić information content (AvgIpc) is 3.09. The third-order valence-corrected chi connectivity index (χ3v) is 5.25. The average molecular weight is 255 g/mol. The van der Waals surface area contributed by atoms with Crippen molar-refractivity contribution in [2.45, 2.75) is 17.7 Å². The first-order valence-electron chi connectivity index (χ1n) is 5.58. The smallest absolute Gasteiger partial charge is 0.179 e. The van der Waals surface area contributed by atoms with Crippen molar-refractivity contribution in [1.82, 2.24) is 0 Å². The molecule has 0 atom stereocenters. The van der Waals surface area contributed by atoms with Gasteiger partial charge in [0.05, 0.1) is 17.8 Å². The van der Waals surface area contributed by atoms with Crippen molar-refractivity contribution >= 4 is 9.84 Å². The molecule has 5 heteroatoms. The molecule has 0 aromatic heterocycles. The first-order valence-corrected chi connectivity index (χ1v) is 7.23. The predicted molar refractivity (Wildman–Crippen MR) is 65.8 cm³/mol. The van der Waals surface area contributed by atoms with Gasteiger partial charge < -0.3 is 10.5 Å². The summed E-state index contributed by atoms with van der Waals surface area (Å²) < 4.78 is 29.4. The van der Waals surface area contributed by atoms with Gasteiger partial charge in [0.25, 0.3) is 0 Å². The van der Waals surface area contributed by atoms with E-state index in [1.54, 1.807) is 24.3 Å². The minimum atomic E-state index is -3.26. The van der Waals surface area contributed by atoms with Gasteiger partial charge in [-0.1, -0.05) is 6.07 Å². The van der Waals surface area contributed by atoms with Gasteiger partial charge in [0.2, 0.25) is 0 Å². The second-order valence-corrected chi connectivity index (χ2v) is 6.63. The lowest BCUT2D eigenvalue weighted by Crippen LogP contribution is -2.25. The Morgan fingerprint density at radius 3 is 2.65 bits per heavy atom. The van der Waals surface area contributed by atoms with Crippen molar-refractivity contribution in [2.75, 3.05) is 19.4 Å². The molecule has 2 N–H and O–H groups in total. The monoisotopic (exact) mass is 255 g/mol. The van der Waals surface area contributed by atoms with E-state index in [2.05, 4.69) is 0 Å². The summed E-state index contributed by atoms with van der Waals surface area (Å²) in [6.07, 6.45) is 1.82. The quantitative estimate of drug-likeness (QED) is 0.858. The standard InChI is InChI=1S/C12H17NO3S/c1-16-10-3-2-4-11(7-10)17(14,15)9-12(8-13)5-6-12/h2-4,7H,5-6,8-9,13H2,1H3. The zero-order valence-corrected chi connectivity index (χ0v) is 10.7. The fourth-order valence-electron chi connectivity index (χ4n) is 1.87. The van der Waals surface area contributed by atoms with Crippen LogP contribution in [0.3, 0.4) is 0 Å². The summed E-state index contributed by atoms with van der Waals surface area (Å²) in [5.41, 5.74) is 5.44. The van der Waals surface area contributed by atoms with Gasteiger partial charge in [0.15, 0.2) is 9.84 Å². The molecule has 0 saturated heterocycles. The van der Waals surface area contributed by atoms with Crippen molar-refractivity contribution in [3.05, 3.63) is 24.3 Å². The van der Waals surface area contributed by atoms with Crippen molar-refractivity contribution in [3.63, 3.8) is 0 Å². The fraction of sp³-hybridized carbons (Fsp3) is 0.500. The minimum Gasteiger partial charge on any atom is -0.497 e. The predicted octanol–water partition coefficient (Wildman–Crippen LogP) is 1.21. The summed E-state index contributed by atoms with van der Waals surface area (Å²) in [6, 6.07) is 6.58. The van der Waals surface area contributed by atoms with Crippen molar-refractivity contribution in [1.29, 1.82) is 0 Å². The van der Waals surface area contributed by atoms with Gasteiger partial charge >= 0.3 is 0 Å². The second kappa shape index (κ2) is 4.31. The fourth-order valence-corrected chi connectivity index (χ4v) is 3.83. The Kier molecular flexibility index (Phi) is 3.14. The Labute approximate surface area is 102 Å². The van der Waals surface area contributed by atoms with E-state index in [1.165, 1.54) is 7.11 Å². The first kappa shape index (κ1) is 12.4. The third kappa shape index (κ3) is 2.61. The van der Waals surface area contributed by atoms with E-state index < -0.39 is 9.84 Å². The Morgan fingerprint density at radius 1 is 1.41 bits per heavy atom. The molecule has 1 aliphatic rings. The summed E-state index contributed by atoms with van der Waals surface area (Å²) in [5.74, 6) is 0.701. The van der Waals surface area contributed by atoms with Crippen LogP contribution in [0.25, 0.3) is 0 Å². The van der Waals surface area contributed by atoms with E-state index in [1.807, 2.05) is 0 Å². The lowest BCUT2D eigenvalue weighted by atomic mass is 10.1. The first-order chi connectivity index (χ1) is 8.01. The van der Waals surface area contributed by atoms with Gasteiger partial charge in [-0.2, -0.15) is 0 Å². The molecule has 0 radical (unpaired) electrons. The van der Waals surface area contributed by atoms with Crippen LogP contribution in [0.5, 0.6) is 5.75 Å². The van der Waals surface area contributed by atoms with Gasteiger partial charge in [-0.3, -0.25) is 0 Å². The molecule has 1 fully saturated rings. The van der Waals surface area contributed by atoms with Crippen LogP contribution in [-0.4, -0.2) is 27.8 Å². The van der Waals surface area contributed by atoms with Crippen LogP contribution < -0.4 is 10.5 Å². The van der Waals surface area contributed by atoms with Crippen LogP contribution in [0.2, 0.25) is 0 Å². The molecule has 1 aromatic rings. The summed E-state index contributed by atoms with van der Waals surface area (Å²) in [4.78, 5) is 0.316. The van der Waals surface area contributed by atoms with Crippen LogP contribution in [0, 0.1) is 5.41 Å². The van der Waals surface area contributed by atoms with E-state index in [4.69, 9.17) is 10.5 Å². The van der Waals surface area contributed by atoms with E-state index >= 15 is 0 Å². The summed E-state index contributed by atoms with van der Waals surface area (Å²) >= 11 is 0. The van der Waals surface area contributed by atoms with E-state index in [-0.39, 0.29) is 11.2 Å². The third-order valence-electron chi connectivity index (χ3n) is 3.29. The summed E-state index contributed by atoms with van der Waals surface area (Å²) in [5, 5.41) is 0. The normalized spacial score (nSPS) is 17.8. The van der Waals surface area contributed by atoms with Crippen LogP contribution in [-0.2, 0) is 9.84 Å². The van der Waals surface area contributed by atoms with E-state index in [0.717, 1.165) is 12.8 Å². The molecule has 4 nitrogen and oxygen atoms in total. The molecule has 2 rings (SSSR count). The zero-order chi connectivity index (χ0) is 12.5. The summed E-state index contributed by atoms with van der Waals surface area (Å²) in [7, 11) is -1.74. The van der Waals surface area contributed by atoms with E-state index in [9.17, 15) is 8.42 Å². The largest absolute Gasteiger partial charge is 0.497 e. The van der Waals surface area contributed by atoms with Gasteiger partial charge in [-0.25, -0.2) is 8.42 Å². The molecule has 1 aromatic carbocycles. The highest BCUT2D eigenvalue weighted by molar-refractivity contribution is 7.91. The van der Waals surface area contributed by atoms with Crippen molar-refractivity contribution < 1.29 is 13.2 Å². The Hall–Kier alpha value is -1.07. The number of hydrogen-bond acceptors (Lipinski definition) is 4. The Balaban J connectivity index is 2.25. The molecule has 94 valence electrons. The molecular formula is C12H17NO3S. The lowest BCUT2D eigenvalue weighted by Gasteiger charge is -2.13. The molecule has 17 heavy (non-hydrogen) atoms. The highest BCUT2D eigenvalue weighted by Gasteiger charge is 2.45. The Bertz CT molecular complexity index is 506. The molecule has 0 spiro atoms. The number of methoxy groups -OCH3 is 1. The van der Waals surface area contributed by atoms with Gasteiger partial charge in [0, 0.05) is 0 Å². The van der Waals surface area contributed by atoms with Crippen LogP contribution in [0.15, 0.2) is 29.2 Å². The van der Waals surface area contributed by atoms with Crippen molar-refractivity contribution in [2.24, 2.45) is 11.1 Å². The maximum Gasteiger partial charge on any atom is 0.179 e. The topological polar surface area (TPSA) is 69.4 Å². The zero-order valence-electron chi connectivity index (χ0n) is 9.85. The number of rotatable bonds is 5. The molecule has 0 unspecified atom stereocenters. The maximum absolute atomic E-state index is 12.2. The van der Waals surface area contributed by atoms with Gasteiger partial charge in [0.1, 0.15) is 5.75 Å². The lowest BCUT2D eigenvalue weighted by molar-refractivity contribution is 0.413. The highest BCUT2D eigenvalue weighted by atomic mass is 32.2. The van der Waals surface area contributed by atoms with Crippen LogP contribution in [0.1, 0.15) is 12.8 Å². The van der Waals surface area contributed by atoms with Crippen LogP contribution >= 0.6 is 0 Å². The molecule has 0 aliphatic heterocycles. The molecule has 0 amide bonds. The number of sulfone groups is 1. The highest BCUT2D eigenvalue weighted by Crippen LogP contribution is 2.46. The van der Waals surface area contributed by atoms with Crippen LogP contribution in [0.4, 0.5) is 0 Å². The molecule has 0 heterocycles. The molecular weight excluding hydrogens is 238 g/mol. The molecule has 0 bridgehead atoms. The van der Waals surface area contributed by atoms with Gasteiger partial charge in [-0.05, 0) is 43.0 Å². The number of ether oxygens (including phenoxy) is 1. The minimum absolute atomic E-state index is 0.143. The number of nitrogens with two attached hydrogens (primary N) is 1. The maximum atomic E-state index is 12.2. The van der Waals surface area contributed by atoms with E-state index in [0.29, 0.717) is 17.2 Å². The SMILES string of the molecule is COc1cccc(S(=O)(=O)CC2(CN)CC2)c1. The number of hydrogen-bond donors (Lipinski definition) is 1. The Morgan fingerprint density at radius 2 is 2.12 bits per heavy atom. The van der Waals surface area contributed by atoms with Gasteiger partial charge in [-0.15, -0.1) is 0 Å². The molecule has 1 saturated carbocycles. The second-order valence-electron chi connectivity index (χ2n) is 4.64. The molecule has 1 aliphatic carbocycles. The van der Waals surface area contributed by atoms with Crippen molar-refractivity contribution in [3.8, 4) is 5.75 Å². The number of benzene rings is 1.